The second kappa shape index (κ2) is 5.69. The maximum absolute atomic E-state index is 12.0. The number of fused-ring (bicyclic) bond motifs is 1. The number of carboxylic acids is 1. The largest absolute Gasteiger partial charge is 0.478 e. The van der Waals surface area contributed by atoms with Crippen LogP contribution in [0.15, 0.2) is 0 Å². The van der Waals surface area contributed by atoms with Crippen molar-refractivity contribution in [2.45, 2.75) is 19.3 Å². The number of thioether (sulfide) groups is 1. The van der Waals surface area contributed by atoms with Crippen LogP contribution in [-0.2, 0) is 22.4 Å². The maximum atomic E-state index is 12.0. The van der Waals surface area contributed by atoms with Crippen LogP contribution in [0.3, 0.4) is 0 Å². The van der Waals surface area contributed by atoms with E-state index < -0.39 is 5.97 Å². The van der Waals surface area contributed by atoms with E-state index in [9.17, 15) is 19.5 Å². The van der Waals surface area contributed by atoms with Crippen LogP contribution in [0, 0.1) is 0 Å². The molecule has 0 radical (unpaired) electrons. The van der Waals surface area contributed by atoms with Gasteiger partial charge in [-0.1, -0.05) is 0 Å². The van der Waals surface area contributed by atoms with Crippen LogP contribution in [0.4, 0.5) is 5.00 Å². The predicted molar refractivity (Wildman–Crippen MR) is 81.0 cm³/mol. The minimum absolute atomic E-state index is 0.0204. The molecule has 6 nitrogen and oxygen atoms in total. The number of amides is 2. The normalized spacial score (nSPS) is 17.1. The zero-order valence-corrected chi connectivity index (χ0v) is 12.8. The van der Waals surface area contributed by atoms with Gasteiger partial charge in [-0.25, -0.2) is 4.79 Å². The minimum Gasteiger partial charge on any atom is -0.478 e. The molecule has 1 fully saturated rings. The number of carbonyl (C=O) groups is 3. The van der Waals surface area contributed by atoms with Crippen molar-refractivity contribution >= 4 is 45.9 Å². The van der Waals surface area contributed by atoms with Crippen LogP contribution in [0.1, 0.15) is 27.2 Å². The summed E-state index contributed by atoms with van der Waals surface area (Å²) in [5.74, 6) is -0.479. The average Bonchev–Trinajstić information content (AvgIpc) is 3.06. The van der Waals surface area contributed by atoms with Crippen molar-refractivity contribution in [3.63, 3.8) is 0 Å². The number of carboxylic acid groups (broad SMARTS) is 1. The molecular formula is C13H14N2O4S2. The number of thiophene rings is 1. The maximum Gasteiger partial charge on any atom is 0.339 e. The van der Waals surface area contributed by atoms with Crippen LogP contribution >= 0.6 is 23.1 Å². The number of aryl methyl sites for hydroxylation is 1. The number of nitrogens with zero attached hydrogens (tertiary/aromatic N) is 1. The van der Waals surface area contributed by atoms with Crippen LogP contribution in [0.2, 0.25) is 0 Å². The molecule has 1 aliphatic heterocycles. The molecule has 21 heavy (non-hydrogen) atoms. The van der Waals surface area contributed by atoms with Crippen molar-refractivity contribution in [3.05, 3.63) is 16.0 Å². The molecule has 0 unspecified atom stereocenters. The van der Waals surface area contributed by atoms with E-state index in [2.05, 4.69) is 5.32 Å². The second-order valence-corrected chi connectivity index (χ2v) is 7.04. The SMILES string of the molecule is O=C(CN1CSCC1=O)Nc1sc2c(c1C(=O)O)CCC2. The first-order valence-electron chi connectivity index (χ1n) is 6.59. The van der Waals surface area contributed by atoms with Gasteiger partial charge in [0.2, 0.25) is 11.8 Å². The van der Waals surface area contributed by atoms with E-state index in [1.54, 1.807) is 0 Å². The Morgan fingerprint density at radius 2 is 2.14 bits per heavy atom. The van der Waals surface area contributed by atoms with E-state index in [1.807, 2.05) is 0 Å². The van der Waals surface area contributed by atoms with Crippen molar-refractivity contribution < 1.29 is 19.5 Å². The smallest absolute Gasteiger partial charge is 0.339 e. The van der Waals surface area contributed by atoms with Gasteiger partial charge in [0, 0.05) is 4.88 Å². The van der Waals surface area contributed by atoms with E-state index in [4.69, 9.17) is 0 Å². The number of hydrogen-bond donors (Lipinski definition) is 2. The molecule has 0 atom stereocenters. The van der Waals surface area contributed by atoms with Gasteiger partial charge in [0.25, 0.3) is 0 Å². The highest BCUT2D eigenvalue weighted by Crippen LogP contribution is 2.39. The first-order chi connectivity index (χ1) is 10.1. The summed E-state index contributed by atoms with van der Waals surface area (Å²) in [7, 11) is 0. The Morgan fingerprint density at radius 3 is 2.81 bits per heavy atom. The quantitative estimate of drug-likeness (QED) is 0.873. The van der Waals surface area contributed by atoms with Crippen LogP contribution < -0.4 is 5.32 Å². The predicted octanol–water partition coefficient (Wildman–Crippen LogP) is 1.41. The van der Waals surface area contributed by atoms with Crippen molar-refractivity contribution in [3.8, 4) is 0 Å². The fourth-order valence-electron chi connectivity index (χ4n) is 2.60. The molecule has 2 heterocycles. The molecule has 1 saturated heterocycles. The van der Waals surface area contributed by atoms with Gasteiger partial charge in [0.1, 0.15) is 11.5 Å². The lowest BCUT2D eigenvalue weighted by Gasteiger charge is -2.14. The highest BCUT2D eigenvalue weighted by molar-refractivity contribution is 8.00. The molecule has 3 rings (SSSR count). The van der Waals surface area contributed by atoms with Gasteiger partial charge in [-0.3, -0.25) is 9.59 Å². The topological polar surface area (TPSA) is 86.7 Å². The highest BCUT2D eigenvalue weighted by Gasteiger charge is 2.28. The van der Waals surface area contributed by atoms with Crippen LogP contribution in [0.5, 0.6) is 0 Å². The Hall–Kier alpha value is -1.54. The number of anilines is 1. The fourth-order valence-corrected chi connectivity index (χ4v) is 4.80. The minimum atomic E-state index is -1.00. The molecule has 2 amide bonds. The fraction of sp³-hybridized carbons (Fsp3) is 0.462. The van der Waals surface area contributed by atoms with Gasteiger partial charge in [-0.05, 0) is 24.8 Å². The van der Waals surface area contributed by atoms with Gasteiger partial charge in [-0.15, -0.1) is 23.1 Å². The zero-order chi connectivity index (χ0) is 15.0. The first kappa shape index (κ1) is 14.4. The molecule has 112 valence electrons. The zero-order valence-electron chi connectivity index (χ0n) is 11.2. The summed E-state index contributed by atoms with van der Waals surface area (Å²) in [6.45, 7) is -0.0204. The molecule has 0 spiro atoms. The van der Waals surface area contributed by atoms with Crippen molar-refractivity contribution in [1.82, 2.24) is 4.90 Å². The monoisotopic (exact) mass is 326 g/mol. The Kier molecular flexibility index (Phi) is 3.90. The highest BCUT2D eigenvalue weighted by atomic mass is 32.2. The third-order valence-electron chi connectivity index (χ3n) is 3.55. The summed E-state index contributed by atoms with van der Waals surface area (Å²) >= 11 is 2.81. The Morgan fingerprint density at radius 1 is 1.33 bits per heavy atom. The van der Waals surface area contributed by atoms with Gasteiger partial charge < -0.3 is 15.3 Å². The second-order valence-electron chi connectivity index (χ2n) is 4.98. The van der Waals surface area contributed by atoms with Crippen molar-refractivity contribution in [2.24, 2.45) is 0 Å². The lowest BCUT2D eigenvalue weighted by molar-refractivity contribution is -0.130. The molecule has 1 aromatic rings. The lowest BCUT2D eigenvalue weighted by atomic mass is 10.1. The Labute approximate surface area is 129 Å². The number of carbonyl (C=O) groups excluding carboxylic acids is 2. The summed E-state index contributed by atoms with van der Waals surface area (Å²) in [6.07, 6.45) is 2.59. The number of rotatable bonds is 4. The molecule has 1 aromatic heterocycles. The number of nitrogens with one attached hydrogen (secondary N) is 1. The molecule has 2 N–H and O–H groups in total. The van der Waals surface area contributed by atoms with Crippen molar-refractivity contribution in [2.75, 3.05) is 23.5 Å². The number of hydrogen-bond acceptors (Lipinski definition) is 5. The number of aromatic carboxylic acids is 1. The first-order valence-corrected chi connectivity index (χ1v) is 8.56. The van der Waals surface area contributed by atoms with Crippen LogP contribution in [-0.4, -0.2) is 46.0 Å². The summed E-state index contributed by atoms with van der Waals surface area (Å²) in [5, 5.41) is 12.4. The van der Waals surface area contributed by atoms with E-state index in [-0.39, 0.29) is 23.9 Å². The summed E-state index contributed by atoms with van der Waals surface area (Å²) < 4.78 is 0. The van der Waals surface area contributed by atoms with Gasteiger partial charge >= 0.3 is 5.97 Å². The standard InChI is InChI=1S/C13H14N2O4S2/c16-9(4-15-6-20-5-10(15)17)14-12-11(13(18)19)7-2-1-3-8(7)21-12/h1-6H2,(H,14,16)(H,18,19). The third-order valence-corrected chi connectivity index (χ3v) is 5.70. The van der Waals surface area contributed by atoms with E-state index in [1.165, 1.54) is 28.0 Å². The molecule has 0 bridgehead atoms. The average molecular weight is 326 g/mol. The Bertz CT molecular complexity index is 626. The van der Waals surface area contributed by atoms with Gasteiger partial charge in [-0.2, -0.15) is 0 Å². The Balaban J connectivity index is 1.74. The molecular weight excluding hydrogens is 312 g/mol. The molecule has 0 saturated carbocycles. The van der Waals surface area contributed by atoms with Gasteiger partial charge in [0.05, 0.1) is 17.2 Å². The summed E-state index contributed by atoms with van der Waals surface area (Å²) in [6, 6.07) is 0. The lowest BCUT2D eigenvalue weighted by Crippen LogP contribution is -2.34. The summed E-state index contributed by atoms with van der Waals surface area (Å²) in [5.41, 5.74) is 1.08. The van der Waals surface area contributed by atoms with E-state index in [0.717, 1.165) is 29.7 Å². The van der Waals surface area contributed by atoms with E-state index in [0.29, 0.717) is 16.6 Å². The molecule has 1 aliphatic carbocycles. The molecule has 8 heteroatoms. The molecule has 2 aliphatic rings. The third kappa shape index (κ3) is 2.77. The summed E-state index contributed by atoms with van der Waals surface area (Å²) in [4.78, 5) is 37.4. The van der Waals surface area contributed by atoms with E-state index >= 15 is 0 Å². The van der Waals surface area contributed by atoms with Gasteiger partial charge in [0.15, 0.2) is 0 Å². The molecule has 0 aromatic carbocycles. The van der Waals surface area contributed by atoms with Crippen molar-refractivity contribution in [1.29, 1.82) is 0 Å². The van der Waals surface area contributed by atoms with Crippen LogP contribution in [0.25, 0.3) is 0 Å².